The Hall–Kier alpha value is -2.08. The molecule has 0 bridgehead atoms. The first-order valence-corrected chi connectivity index (χ1v) is 17.4. The van der Waals surface area contributed by atoms with Crippen LogP contribution in [-0.4, -0.2) is 0 Å². The first-order chi connectivity index (χ1) is 20.0. The molecular formula is C42H68. The zero-order valence-corrected chi connectivity index (χ0v) is 29.3. The Balaban J connectivity index is 0.000000345. The molecular weight excluding hydrogens is 504 g/mol. The van der Waals surface area contributed by atoms with Crippen molar-refractivity contribution in [2.45, 2.75) is 158 Å². The van der Waals surface area contributed by atoms with Crippen LogP contribution in [0.1, 0.15) is 162 Å². The van der Waals surface area contributed by atoms with Crippen molar-refractivity contribution in [3.63, 3.8) is 0 Å². The summed E-state index contributed by atoms with van der Waals surface area (Å²) in [6, 6.07) is 9.22. The number of unbranched alkanes of at least 4 members (excludes halogenated alkanes) is 1. The molecule has 2 saturated carbocycles. The summed E-state index contributed by atoms with van der Waals surface area (Å²) in [6.07, 6.45) is 22.6. The predicted molar refractivity (Wildman–Crippen MR) is 192 cm³/mol. The van der Waals surface area contributed by atoms with Crippen molar-refractivity contribution in [3.8, 4) is 0 Å². The Kier molecular flexibility index (Phi) is 19.5. The van der Waals surface area contributed by atoms with Gasteiger partial charge in [-0.3, -0.25) is 0 Å². The lowest BCUT2D eigenvalue weighted by Crippen LogP contribution is -2.17. The van der Waals surface area contributed by atoms with Gasteiger partial charge in [0, 0.05) is 5.92 Å². The van der Waals surface area contributed by atoms with E-state index in [9.17, 15) is 0 Å². The lowest BCUT2D eigenvalue weighted by molar-refractivity contribution is 0.325. The molecule has 0 aromatic heterocycles. The minimum Gasteiger partial charge on any atom is -0.100 e. The molecule has 3 rings (SSSR count). The molecule has 0 spiro atoms. The van der Waals surface area contributed by atoms with Gasteiger partial charge in [0.1, 0.15) is 0 Å². The number of allylic oxidation sites excluding steroid dienone is 7. The second kappa shape index (κ2) is 21.6. The van der Waals surface area contributed by atoms with Crippen molar-refractivity contribution in [2.24, 2.45) is 11.8 Å². The molecule has 2 aliphatic rings. The molecule has 236 valence electrons. The van der Waals surface area contributed by atoms with Gasteiger partial charge in [-0.05, 0) is 109 Å². The number of aryl methyl sites for hydroxylation is 1. The summed E-state index contributed by atoms with van der Waals surface area (Å²) < 4.78 is 0. The summed E-state index contributed by atoms with van der Waals surface area (Å²) in [5.41, 5.74) is 11.1. The van der Waals surface area contributed by atoms with Crippen LogP contribution in [0, 0.1) is 11.8 Å². The van der Waals surface area contributed by atoms with E-state index in [1.807, 2.05) is 0 Å². The summed E-state index contributed by atoms with van der Waals surface area (Å²) in [7, 11) is 0. The fourth-order valence-corrected chi connectivity index (χ4v) is 6.33. The summed E-state index contributed by atoms with van der Waals surface area (Å²) >= 11 is 0. The largest absolute Gasteiger partial charge is 0.100 e. The van der Waals surface area contributed by atoms with Gasteiger partial charge in [0.2, 0.25) is 0 Å². The van der Waals surface area contributed by atoms with Crippen LogP contribution in [0.5, 0.6) is 0 Å². The van der Waals surface area contributed by atoms with Crippen molar-refractivity contribution in [3.05, 3.63) is 94.6 Å². The lowest BCUT2D eigenvalue weighted by atomic mass is 9.74. The van der Waals surface area contributed by atoms with E-state index in [4.69, 9.17) is 0 Å². The third-order valence-corrected chi connectivity index (χ3v) is 9.32. The fraction of sp³-hybridized carbons (Fsp3) is 0.619. The van der Waals surface area contributed by atoms with Crippen LogP contribution in [0.25, 0.3) is 0 Å². The Morgan fingerprint density at radius 3 is 1.74 bits per heavy atom. The highest BCUT2D eigenvalue weighted by Crippen LogP contribution is 2.40. The molecule has 2 fully saturated rings. The highest BCUT2D eigenvalue weighted by molar-refractivity contribution is 5.35. The van der Waals surface area contributed by atoms with Crippen LogP contribution in [0.2, 0.25) is 0 Å². The smallest absolute Gasteiger partial charge is 0.00709 e. The Bertz CT molecular complexity index is 979. The third-order valence-electron chi connectivity index (χ3n) is 9.32. The molecule has 1 atom stereocenters. The fourth-order valence-electron chi connectivity index (χ4n) is 6.33. The number of hydrogen-bond donors (Lipinski definition) is 0. The number of hydrogen-bond acceptors (Lipinski definition) is 0. The topological polar surface area (TPSA) is 0 Å². The molecule has 0 aliphatic heterocycles. The maximum atomic E-state index is 4.25. The first-order valence-electron chi connectivity index (χ1n) is 17.4. The molecule has 0 saturated heterocycles. The van der Waals surface area contributed by atoms with E-state index in [2.05, 4.69) is 105 Å². The van der Waals surface area contributed by atoms with Gasteiger partial charge >= 0.3 is 0 Å². The Morgan fingerprint density at radius 1 is 0.786 bits per heavy atom. The van der Waals surface area contributed by atoms with Gasteiger partial charge in [-0.15, -0.1) is 6.58 Å². The van der Waals surface area contributed by atoms with Crippen molar-refractivity contribution in [2.75, 3.05) is 0 Å². The summed E-state index contributed by atoms with van der Waals surface area (Å²) in [6.45, 7) is 29.6. The van der Waals surface area contributed by atoms with E-state index in [1.54, 1.807) is 0 Å². The number of benzene rings is 1. The Morgan fingerprint density at radius 2 is 1.33 bits per heavy atom. The Labute approximate surface area is 263 Å². The van der Waals surface area contributed by atoms with Crippen LogP contribution in [0.3, 0.4) is 0 Å². The quantitative estimate of drug-likeness (QED) is 0.183. The molecule has 1 unspecified atom stereocenters. The van der Waals surface area contributed by atoms with Crippen LogP contribution < -0.4 is 0 Å². The summed E-state index contributed by atoms with van der Waals surface area (Å²) in [5.74, 6) is 2.30. The molecule has 0 N–H and O–H groups in total. The van der Waals surface area contributed by atoms with Gasteiger partial charge < -0.3 is 0 Å². The average Bonchev–Trinajstić information content (AvgIpc) is 2.97. The van der Waals surface area contributed by atoms with Crippen LogP contribution in [0.4, 0.5) is 0 Å². The van der Waals surface area contributed by atoms with E-state index in [1.165, 1.54) is 134 Å². The van der Waals surface area contributed by atoms with E-state index in [0.717, 1.165) is 18.3 Å². The molecule has 2 aliphatic carbocycles. The normalized spacial score (nSPS) is 16.7. The van der Waals surface area contributed by atoms with Crippen molar-refractivity contribution >= 4 is 0 Å². The highest BCUT2D eigenvalue weighted by atomic mass is 14.3. The molecule has 0 amide bonds. The predicted octanol–water partition coefficient (Wildman–Crippen LogP) is 14.1. The van der Waals surface area contributed by atoms with Gasteiger partial charge in [0.25, 0.3) is 0 Å². The van der Waals surface area contributed by atoms with Crippen molar-refractivity contribution in [1.29, 1.82) is 0 Å². The zero-order chi connectivity index (χ0) is 31.5. The standard InChI is InChI=1S/C18H26.C17H28.C7H14/c1-4-15-10-12-17(13-11-15)18(14(2)3)16-8-6-5-7-9-16;1-13(2)15(5)11-17(14(3)4)12-16-9-7-6-8-10-16;1-4-5-6-7(2)3/h10-13,16,18H,2,4-9H2,1,3H3;11,16H,3,6-10,12H2,1-2,4-5H3;2,4-6H2,1,3H3/b;17-11+;. The van der Waals surface area contributed by atoms with E-state index < -0.39 is 0 Å². The highest BCUT2D eigenvalue weighted by Gasteiger charge is 2.25. The monoisotopic (exact) mass is 573 g/mol. The van der Waals surface area contributed by atoms with Gasteiger partial charge in [-0.1, -0.05) is 143 Å². The average molecular weight is 573 g/mol. The molecule has 0 nitrogen and oxygen atoms in total. The molecule has 42 heavy (non-hydrogen) atoms. The minimum atomic E-state index is 0.580. The maximum Gasteiger partial charge on any atom is 0.00709 e. The number of rotatable bonds is 11. The minimum absolute atomic E-state index is 0.580. The molecule has 0 heteroatoms. The SMILES string of the molecule is C=C(C)/C(=C/C(C)=C(C)C)CC1CCCCC1.C=C(C)C(c1ccc(CC)cc1)C1CCCCC1.C=C(C)CCCC. The van der Waals surface area contributed by atoms with E-state index in [-0.39, 0.29) is 0 Å². The molecule has 0 heterocycles. The van der Waals surface area contributed by atoms with Gasteiger partial charge in [-0.2, -0.15) is 0 Å². The van der Waals surface area contributed by atoms with E-state index >= 15 is 0 Å². The molecule has 1 aromatic rings. The van der Waals surface area contributed by atoms with E-state index in [0.29, 0.717) is 5.92 Å². The molecule has 0 radical (unpaired) electrons. The van der Waals surface area contributed by atoms with Gasteiger partial charge in [-0.25, -0.2) is 0 Å². The second-order valence-electron chi connectivity index (χ2n) is 13.7. The van der Waals surface area contributed by atoms with Crippen LogP contribution in [-0.2, 0) is 6.42 Å². The van der Waals surface area contributed by atoms with Gasteiger partial charge in [0.05, 0.1) is 0 Å². The summed E-state index contributed by atoms with van der Waals surface area (Å²) in [4.78, 5) is 0. The van der Waals surface area contributed by atoms with Crippen molar-refractivity contribution < 1.29 is 0 Å². The maximum absolute atomic E-state index is 4.25. The molecule has 1 aromatic carbocycles. The second-order valence-corrected chi connectivity index (χ2v) is 13.7. The lowest BCUT2D eigenvalue weighted by Gasteiger charge is -2.31. The van der Waals surface area contributed by atoms with Crippen molar-refractivity contribution in [1.82, 2.24) is 0 Å². The van der Waals surface area contributed by atoms with Gasteiger partial charge in [0.15, 0.2) is 0 Å². The third kappa shape index (κ3) is 15.4. The zero-order valence-electron chi connectivity index (χ0n) is 29.3. The van der Waals surface area contributed by atoms with Crippen LogP contribution >= 0.6 is 0 Å². The first kappa shape index (κ1) is 37.9. The van der Waals surface area contributed by atoms with Crippen LogP contribution in [0.15, 0.2) is 83.5 Å². The summed E-state index contributed by atoms with van der Waals surface area (Å²) in [5, 5.41) is 0.